The predicted octanol–water partition coefficient (Wildman–Crippen LogP) is 2.37. The van der Waals surface area contributed by atoms with Gasteiger partial charge in [0.15, 0.2) is 6.10 Å². The van der Waals surface area contributed by atoms with Crippen molar-refractivity contribution in [2.24, 2.45) is 5.92 Å². The third kappa shape index (κ3) is 3.15. The Labute approximate surface area is 158 Å². The molecule has 0 saturated carbocycles. The van der Waals surface area contributed by atoms with Gasteiger partial charge in [-0.15, -0.1) is 0 Å². The molecule has 2 bridgehead atoms. The average molecular weight is 368 g/mol. The zero-order chi connectivity index (χ0) is 18.9. The second-order valence-electron chi connectivity index (χ2n) is 7.79. The highest BCUT2D eigenvalue weighted by molar-refractivity contribution is 5.85. The van der Waals surface area contributed by atoms with E-state index >= 15 is 0 Å². The second kappa shape index (κ2) is 7.06. The molecule has 3 fully saturated rings. The number of esters is 1. The number of alkyl halides is 1. The van der Waals surface area contributed by atoms with Crippen molar-refractivity contribution >= 4 is 5.97 Å². The van der Waals surface area contributed by atoms with E-state index in [4.69, 9.17) is 4.74 Å². The van der Waals surface area contributed by atoms with Crippen molar-refractivity contribution in [1.82, 2.24) is 0 Å². The molecule has 0 radical (unpaired) electrons. The summed E-state index contributed by atoms with van der Waals surface area (Å²) in [5, 5.41) is 13.9. The van der Waals surface area contributed by atoms with Crippen LogP contribution in [-0.2, 0) is 15.1 Å². The van der Waals surface area contributed by atoms with Crippen LogP contribution in [0.4, 0.5) is 4.39 Å². The molecule has 1 unspecified atom stereocenters. The number of benzene rings is 2. The summed E-state index contributed by atoms with van der Waals surface area (Å²) in [6.07, 6.45) is 1.28. The summed E-state index contributed by atoms with van der Waals surface area (Å²) in [6.45, 7) is 1.59. The smallest absolute Gasteiger partial charge is 0.304 e. The first kappa shape index (κ1) is 18.1. The number of carbonyl (C=O) groups is 1. The lowest BCUT2D eigenvalue weighted by molar-refractivity contribution is -0.956. The Kier molecular flexibility index (Phi) is 4.74. The van der Waals surface area contributed by atoms with Gasteiger partial charge < -0.3 is 9.84 Å². The fraction of sp³-hybridized carbons (Fsp3) is 0.409. The first-order valence-corrected chi connectivity index (χ1v) is 9.51. The number of quaternary nitrogens is 1. The van der Waals surface area contributed by atoms with Gasteiger partial charge in [-0.3, -0.25) is 9.28 Å². The van der Waals surface area contributed by atoms with Crippen LogP contribution in [0.5, 0.6) is 0 Å². The summed E-state index contributed by atoms with van der Waals surface area (Å²) >= 11 is 0. The van der Waals surface area contributed by atoms with Gasteiger partial charge in [0.05, 0.1) is 13.1 Å². The molecule has 0 aliphatic carbocycles. The summed E-state index contributed by atoms with van der Waals surface area (Å²) in [5.41, 5.74) is -1.41. The van der Waals surface area contributed by atoms with Crippen molar-refractivity contribution in [3.05, 3.63) is 71.8 Å². The summed E-state index contributed by atoms with van der Waals surface area (Å²) in [4.78, 5) is 13.2. The largest absolute Gasteiger partial charge is 0.834 e. The van der Waals surface area contributed by atoms with Crippen molar-refractivity contribution in [2.75, 3.05) is 26.4 Å². The van der Waals surface area contributed by atoms with E-state index in [1.54, 1.807) is 48.5 Å². The summed E-state index contributed by atoms with van der Waals surface area (Å²) in [6, 6.07) is 17.2. The van der Waals surface area contributed by atoms with Crippen LogP contribution in [0.1, 0.15) is 24.0 Å². The third-order valence-electron chi connectivity index (χ3n) is 6.20. The molecule has 27 heavy (non-hydrogen) atoms. The Balaban J connectivity index is 1.64. The fourth-order valence-electron chi connectivity index (χ4n) is 4.49. The van der Waals surface area contributed by atoms with Gasteiger partial charge in [-0.2, -0.15) is 4.39 Å². The molecule has 0 spiro atoms. The predicted molar refractivity (Wildman–Crippen MR) is 97.1 cm³/mol. The van der Waals surface area contributed by atoms with Gasteiger partial charge in [-0.25, -0.2) is 0 Å². The standard InChI is InChI=1S/C22H24FNO3/c23-16-24-13-11-17(12-14-24)20(15-24)27-21(25)22(26,18-7-3-1-4-8-18)19-9-5-2-6-10-19/h1-10,17,20H,11-16H2/i23-1. The Bertz CT molecular complexity index is 748. The number of hydrogen-bond donors (Lipinski definition) is 0. The molecule has 3 heterocycles. The maximum absolute atomic E-state index is 13.9. The van der Waals surface area contributed by atoms with Crippen molar-refractivity contribution < 1.29 is 23.5 Å². The SMILES string of the molecule is O=C(OC1C[N+]2(C[18F])CCC1CC2)C([O-])(c1ccccc1)c1ccccc1. The van der Waals surface area contributed by atoms with Crippen molar-refractivity contribution in [1.29, 1.82) is 0 Å². The molecule has 1 atom stereocenters. The number of nitrogens with zero attached hydrogens (tertiary/aromatic N) is 1. The Morgan fingerprint density at radius 1 is 1.04 bits per heavy atom. The molecule has 2 aromatic rings. The molecule has 0 aromatic heterocycles. The zero-order valence-electron chi connectivity index (χ0n) is 15.2. The van der Waals surface area contributed by atoms with Gasteiger partial charge in [0.25, 0.3) is 0 Å². The van der Waals surface area contributed by atoms with E-state index in [1.807, 2.05) is 12.1 Å². The van der Waals surface area contributed by atoms with E-state index in [1.165, 1.54) is 0 Å². The van der Waals surface area contributed by atoms with Crippen molar-refractivity contribution in [3.8, 4) is 0 Å². The monoisotopic (exact) mass is 368 g/mol. The Morgan fingerprint density at radius 2 is 1.56 bits per heavy atom. The molecule has 3 aliphatic heterocycles. The van der Waals surface area contributed by atoms with E-state index in [9.17, 15) is 14.3 Å². The molecular weight excluding hydrogens is 344 g/mol. The van der Waals surface area contributed by atoms with Gasteiger partial charge in [0.2, 0.25) is 6.80 Å². The highest BCUT2D eigenvalue weighted by atomic mass is 18.2. The highest BCUT2D eigenvalue weighted by Crippen LogP contribution is 2.37. The van der Waals surface area contributed by atoms with Gasteiger partial charge in [-0.05, 0) is 11.1 Å². The number of fused-ring (bicyclic) bond motifs is 3. The van der Waals surface area contributed by atoms with Crippen molar-refractivity contribution in [3.63, 3.8) is 0 Å². The first-order valence-electron chi connectivity index (χ1n) is 9.51. The van der Waals surface area contributed by atoms with Gasteiger partial charge >= 0.3 is 5.97 Å². The van der Waals surface area contributed by atoms with Crippen LogP contribution in [0.25, 0.3) is 0 Å². The lowest BCUT2D eigenvalue weighted by Gasteiger charge is -2.51. The molecule has 5 heteroatoms. The average Bonchev–Trinajstić information content (AvgIpc) is 2.75. The van der Waals surface area contributed by atoms with Crippen molar-refractivity contribution in [2.45, 2.75) is 24.5 Å². The minimum Gasteiger partial charge on any atom is -0.834 e. The van der Waals surface area contributed by atoms with Crippen LogP contribution >= 0.6 is 0 Å². The summed E-state index contributed by atoms with van der Waals surface area (Å²) in [7, 11) is 0. The molecule has 3 saturated heterocycles. The van der Waals surface area contributed by atoms with Gasteiger partial charge in [0.1, 0.15) is 6.54 Å². The first-order chi connectivity index (χ1) is 13.1. The lowest BCUT2D eigenvalue weighted by Crippen LogP contribution is -2.65. The zero-order valence-corrected chi connectivity index (χ0v) is 15.2. The Morgan fingerprint density at radius 3 is 2.04 bits per heavy atom. The molecular formula is C22H24FNO3. The van der Waals surface area contributed by atoms with E-state index in [2.05, 4.69) is 0 Å². The minimum absolute atomic E-state index is 0.219. The summed E-state index contributed by atoms with van der Waals surface area (Å²) in [5.74, 6) is -0.577. The maximum atomic E-state index is 13.9. The number of carbonyl (C=O) groups excluding carboxylic acids is 1. The van der Waals surface area contributed by atoms with Crippen LogP contribution < -0.4 is 5.11 Å². The van der Waals surface area contributed by atoms with Gasteiger partial charge in [-0.1, -0.05) is 60.7 Å². The van der Waals surface area contributed by atoms with E-state index in [0.717, 1.165) is 25.9 Å². The van der Waals surface area contributed by atoms with Crippen LogP contribution in [0.3, 0.4) is 0 Å². The number of piperidine rings is 3. The second-order valence-corrected chi connectivity index (χ2v) is 7.79. The van der Waals surface area contributed by atoms with Crippen LogP contribution in [-0.4, -0.2) is 43.0 Å². The normalized spacial score (nSPS) is 27.3. The molecule has 2 aromatic carbocycles. The maximum Gasteiger partial charge on any atom is 0.304 e. The van der Waals surface area contributed by atoms with Gasteiger partial charge in [0, 0.05) is 24.4 Å². The minimum atomic E-state index is -2.13. The highest BCUT2D eigenvalue weighted by Gasteiger charge is 2.48. The topological polar surface area (TPSA) is 49.4 Å². The number of halogens is 1. The molecule has 3 aliphatic rings. The molecule has 5 rings (SSSR count). The lowest BCUT2D eigenvalue weighted by atomic mass is 9.83. The number of rotatable bonds is 5. The summed E-state index contributed by atoms with van der Waals surface area (Å²) < 4.78 is 19.7. The van der Waals surface area contributed by atoms with E-state index in [-0.39, 0.29) is 5.92 Å². The van der Waals surface area contributed by atoms with E-state index in [0.29, 0.717) is 22.2 Å². The number of ether oxygens (including phenoxy) is 1. The molecule has 0 N–H and O–H groups in total. The molecule has 0 amide bonds. The van der Waals surface area contributed by atoms with E-state index < -0.39 is 24.5 Å². The number of hydrogen-bond acceptors (Lipinski definition) is 3. The molecule has 4 nitrogen and oxygen atoms in total. The fourth-order valence-corrected chi connectivity index (χ4v) is 4.49. The van der Waals surface area contributed by atoms with Crippen LogP contribution in [0.15, 0.2) is 60.7 Å². The quantitative estimate of drug-likeness (QED) is 0.463. The van der Waals surface area contributed by atoms with Crippen LogP contribution in [0, 0.1) is 5.92 Å². The molecule has 142 valence electrons. The third-order valence-corrected chi connectivity index (χ3v) is 6.20. The van der Waals surface area contributed by atoms with Crippen LogP contribution in [0.2, 0.25) is 0 Å². The Hall–Kier alpha value is -2.24.